The van der Waals surface area contributed by atoms with Gasteiger partial charge in [0.1, 0.15) is 18.2 Å². The Morgan fingerprint density at radius 2 is 1.60 bits per heavy atom. The van der Waals surface area contributed by atoms with Crippen molar-refractivity contribution in [2.75, 3.05) is 20.3 Å². The van der Waals surface area contributed by atoms with E-state index in [2.05, 4.69) is 22.8 Å². The molecule has 0 saturated heterocycles. The molecule has 1 aliphatic carbocycles. The fourth-order valence-electron chi connectivity index (χ4n) is 4.57. The highest BCUT2D eigenvalue weighted by molar-refractivity contribution is 5.93. The summed E-state index contributed by atoms with van der Waals surface area (Å²) in [5, 5.41) is 14.8. The summed E-state index contributed by atoms with van der Waals surface area (Å²) in [5.74, 6) is -1.81. The number of ether oxygens (including phenoxy) is 2. The van der Waals surface area contributed by atoms with Crippen molar-refractivity contribution in [2.24, 2.45) is 5.92 Å². The van der Waals surface area contributed by atoms with Crippen molar-refractivity contribution in [3.05, 3.63) is 59.7 Å². The third-order valence-electron chi connectivity index (χ3n) is 6.42. The van der Waals surface area contributed by atoms with E-state index in [-0.39, 0.29) is 37.9 Å². The molecule has 8 nitrogen and oxygen atoms in total. The van der Waals surface area contributed by atoms with Crippen LogP contribution in [0, 0.1) is 5.92 Å². The maximum Gasteiger partial charge on any atom is 0.408 e. The van der Waals surface area contributed by atoms with Gasteiger partial charge in [-0.2, -0.15) is 0 Å². The predicted molar refractivity (Wildman–Crippen MR) is 132 cm³/mol. The van der Waals surface area contributed by atoms with Crippen molar-refractivity contribution in [1.82, 2.24) is 10.6 Å². The summed E-state index contributed by atoms with van der Waals surface area (Å²) in [6.45, 7) is 5.44. The number of carboxylic acid groups (broad SMARTS) is 1. The maximum absolute atomic E-state index is 13.2. The van der Waals surface area contributed by atoms with Crippen LogP contribution in [0.4, 0.5) is 4.79 Å². The summed E-state index contributed by atoms with van der Waals surface area (Å²) in [5.41, 5.74) is 2.92. The Balaban J connectivity index is 1.73. The normalized spacial score (nSPS) is 15.0. The highest BCUT2D eigenvalue weighted by Crippen LogP contribution is 2.44. The van der Waals surface area contributed by atoms with Crippen molar-refractivity contribution in [2.45, 2.75) is 51.1 Å². The van der Waals surface area contributed by atoms with Crippen LogP contribution in [-0.4, -0.2) is 55.0 Å². The number of benzene rings is 2. The van der Waals surface area contributed by atoms with Crippen LogP contribution in [0.5, 0.6) is 0 Å². The molecule has 3 rings (SSSR count). The van der Waals surface area contributed by atoms with Gasteiger partial charge in [0.15, 0.2) is 0 Å². The lowest BCUT2D eigenvalue weighted by Crippen LogP contribution is -2.63. The molecule has 2 aromatic carbocycles. The summed E-state index contributed by atoms with van der Waals surface area (Å²) >= 11 is 0. The molecule has 0 heterocycles. The summed E-state index contributed by atoms with van der Waals surface area (Å²) in [7, 11) is 1.42. The number of hydrogen-bond donors (Lipinski definition) is 3. The first-order valence-electron chi connectivity index (χ1n) is 11.9. The minimum absolute atomic E-state index is 0.0601. The zero-order chi connectivity index (χ0) is 25.6. The molecule has 0 spiro atoms. The number of carbonyl (C=O) groups excluding carboxylic acids is 2. The van der Waals surface area contributed by atoms with Gasteiger partial charge in [-0.25, -0.2) is 9.59 Å². The Kier molecular flexibility index (Phi) is 8.51. The molecule has 1 aliphatic rings. The van der Waals surface area contributed by atoms with Crippen molar-refractivity contribution in [3.63, 3.8) is 0 Å². The van der Waals surface area contributed by atoms with Crippen LogP contribution in [0.3, 0.4) is 0 Å². The van der Waals surface area contributed by atoms with Gasteiger partial charge in [-0.3, -0.25) is 4.79 Å². The lowest BCUT2D eigenvalue weighted by atomic mass is 9.94. The van der Waals surface area contributed by atoms with E-state index in [0.717, 1.165) is 22.3 Å². The van der Waals surface area contributed by atoms with Gasteiger partial charge in [-0.05, 0) is 41.0 Å². The largest absolute Gasteiger partial charge is 0.480 e. The quantitative estimate of drug-likeness (QED) is 0.447. The molecule has 0 fully saturated rings. The Bertz CT molecular complexity index is 1020. The molecule has 0 radical (unpaired) electrons. The fraction of sp³-hybridized carbons (Fsp3) is 0.444. The number of aliphatic carboxylic acids is 1. The summed E-state index contributed by atoms with van der Waals surface area (Å²) < 4.78 is 10.8. The van der Waals surface area contributed by atoms with Crippen LogP contribution in [0.25, 0.3) is 11.1 Å². The van der Waals surface area contributed by atoms with Crippen LogP contribution in [0.1, 0.15) is 50.7 Å². The number of alkyl carbamates (subject to hydrolysis) is 1. The molecule has 0 saturated carbocycles. The molecule has 3 N–H and O–H groups in total. The standard InChI is InChI=1S/C27H34N2O6/c1-5-27(16-34-4,25(32)28-23(24(30)31)14-17(2)3)29-26(33)35-15-22-20-12-8-6-10-18(20)19-11-7-9-13-21(19)22/h6-13,17,22-23H,5,14-16H2,1-4H3,(H,28,32)(H,29,33)(H,30,31)/t23-,27?/m0/s1. The smallest absolute Gasteiger partial charge is 0.408 e. The molecular weight excluding hydrogens is 448 g/mol. The van der Waals surface area contributed by atoms with Gasteiger partial charge in [0.25, 0.3) is 0 Å². The molecule has 2 aromatic rings. The second-order valence-corrected chi connectivity index (χ2v) is 9.31. The number of amides is 2. The van der Waals surface area contributed by atoms with Gasteiger partial charge >= 0.3 is 12.1 Å². The Labute approximate surface area is 206 Å². The van der Waals surface area contributed by atoms with Crippen LogP contribution >= 0.6 is 0 Å². The molecule has 0 aliphatic heterocycles. The van der Waals surface area contributed by atoms with E-state index in [0.29, 0.717) is 0 Å². The van der Waals surface area contributed by atoms with Gasteiger partial charge in [0, 0.05) is 13.0 Å². The zero-order valence-corrected chi connectivity index (χ0v) is 20.7. The van der Waals surface area contributed by atoms with Gasteiger partial charge < -0.3 is 25.2 Å². The number of carbonyl (C=O) groups is 3. The number of hydrogen-bond acceptors (Lipinski definition) is 5. The first-order chi connectivity index (χ1) is 16.7. The minimum atomic E-state index is -1.47. The molecule has 8 heteroatoms. The summed E-state index contributed by atoms with van der Waals surface area (Å²) in [6.07, 6.45) is -0.319. The lowest BCUT2D eigenvalue weighted by molar-refractivity contribution is -0.144. The second-order valence-electron chi connectivity index (χ2n) is 9.31. The predicted octanol–water partition coefficient (Wildman–Crippen LogP) is 3.94. The number of rotatable bonds is 11. The fourth-order valence-corrected chi connectivity index (χ4v) is 4.57. The highest BCUT2D eigenvalue weighted by Gasteiger charge is 2.41. The molecule has 35 heavy (non-hydrogen) atoms. The topological polar surface area (TPSA) is 114 Å². The van der Waals surface area contributed by atoms with E-state index < -0.39 is 29.6 Å². The Morgan fingerprint density at radius 3 is 2.09 bits per heavy atom. The van der Waals surface area contributed by atoms with E-state index in [9.17, 15) is 19.5 Å². The molecule has 1 unspecified atom stereocenters. The molecular formula is C27H34N2O6. The Morgan fingerprint density at radius 1 is 1.03 bits per heavy atom. The van der Waals surface area contributed by atoms with Gasteiger partial charge in [0.2, 0.25) is 5.91 Å². The molecule has 2 amide bonds. The lowest BCUT2D eigenvalue weighted by Gasteiger charge is -2.32. The Hall–Kier alpha value is -3.39. The van der Waals surface area contributed by atoms with Crippen molar-refractivity contribution in [1.29, 1.82) is 0 Å². The maximum atomic E-state index is 13.2. The summed E-state index contributed by atoms with van der Waals surface area (Å²) in [6, 6.07) is 15.0. The number of carboxylic acids is 1. The molecule has 0 bridgehead atoms. The number of fused-ring (bicyclic) bond motifs is 3. The minimum Gasteiger partial charge on any atom is -0.480 e. The highest BCUT2D eigenvalue weighted by atomic mass is 16.5. The molecule has 188 valence electrons. The third kappa shape index (κ3) is 5.82. The number of methoxy groups -OCH3 is 1. The average Bonchev–Trinajstić information content (AvgIpc) is 3.15. The van der Waals surface area contributed by atoms with E-state index >= 15 is 0 Å². The molecule has 0 aromatic heterocycles. The third-order valence-corrected chi connectivity index (χ3v) is 6.42. The van der Waals surface area contributed by atoms with Crippen molar-refractivity contribution >= 4 is 18.0 Å². The van der Waals surface area contributed by atoms with Crippen LogP contribution in [-0.2, 0) is 19.1 Å². The summed E-state index contributed by atoms with van der Waals surface area (Å²) in [4.78, 5) is 37.7. The van der Waals surface area contributed by atoms with E-state index in [1.165, 1.54) is 7.11 Å². The van der Waals surface area contributed by atoms with E-state index in [1.54, 1.807) is 6.92 Å². The van der Waals surface area contributed by atoms with Gasteiger partial charge in [-0.15, -0.1) is 0 Å². The van der Waals surface area contributed by atoms with Crippen LogP contribution < -0.4 is 10.6 Å². The number of nitrogens with one attached hydrogen (secondary N) is 2. The van der Waals surface area contributed by atoms with Gasteiger partial charge in [-0.1, -0.05) is 69.3 Å². The zero-order valence-electron chi connectivity index (χ0n) is 20.7. The molecule has 2 atom stereocenters. The first-order valence-corrected chi connectivity index (χ1v) is 11.9. The van der Waals surface area contributed by atoms with Crippen LogP contribution in [0.15, 0.2) is 48.5 Å². The van der Waals surface area contributed by atoms with E-state index in [1.807, 2.05) is 50.2 Å². The van der Waals surface area contributed by atoms with Crippen LogP contribution in [0.2, 0.25) is 0 Å². The second kappa shape index (κ2) is 11.4. The monoisotopic (exact) mass is 482 g/mol. The first kappa shape index (κ1) is 26.2. The average molecular weight is 483 g/mol. The van der Waals surface area contributed by atoms with Gasteiger partial charge in [0.05, 0.1) is 6.61 Å². The SMILES string of the molecule is CCC(COC)(NC(=O)OCC1c2ccccc2-c2ccccc21)C(=O)N[C@@H](CC(C)C)C(=O)O. The van der Waals surface area contributed by atoms with Crippen molar-refractivity contribution in [3.8, 4) is 11.1 Å². The van der Waals surface area contributed by atoms with Crippen molar-refractivity contribution < 1.29 is 29.0 Å². The van der Waals surface area contributed by atoms with E-state index in [4.69, 9.17) is 9.47 Å².